The maximum atomic E-state index is 11.7. The Morgan fingerprint density at radius 3 is 2.70 bits per heavy atom. The third-order valence-electron chi connectivity index (χ3n) is 3.29. The van der Waals surface area contributed by atoms with E-state index in [1.807, 2.05) is 30.3 Å². The van der Waals surface area contributed by atoms with Crippen molar-refractivity contribution in [2.75, 3.05) is 0 Å². The molecule has 1 aliphatic rings. The summed E-state index contributed by atoms with van der Waals surface area (Å²) in [7, 11) is 0. The maximum absolute atomic E-state index is 11.7. The van der Waals surface area contributed by atoms with Gasteiger partial charge in [-0.15, -0.1) is 0 Å². The van der Waals surface area contributed by atoms with Crippen molar-refractivity contribution in [1.82, 2.24) is 5.32 Å². The standard InChI is InChI=1S/C15H19NO4/c1-11(17)20-14-9-5-8-13(14)16-15(18)19-10-12-6-3-2-4-7-12/h2-4,6-7,13-14H,5,8-10H2,1H3,(H,16,18)/t13-,14-/m1/s1. The molecule has 1 N–H and O–H groups in total. The molecular weight excluding hydrogens is 258 g/mol. The van der Waals surface area contributed by atoms with E-state index in [0.29, 0.717) is 0 Å². The Labute approximate surface area is 118 Å². The number of ether oxygens (including phenoxy) is 2. The number of nitrogens with one attached hydrogen (secondary N) is 1. The summed E-state index contributed by atoms with van der Waals surface area (Å²) in [6.45, 7) is 1.61. The van der Waals surface area contributed by atoms with Crippen molar-refractivity contribution in [3.63, 3.8) is 0 Å². The summed E-state index contributed by atoms with van der Waals surface area (Å²) in [6.07, 6.45) is 1.80. The quantitative estimate of drug-likeness (QED) is 0.858. The van der Waals surface area contributed by atoms with Crippen LogP contribution in [0, 0.1) is 0 Å². The van der Waals surface area contributed by atoms with Gasteiger partial charge in [-0.05, 0) is 24.8 Å². The van der Waals surface area contributed by atoms with Crippen LogP contribution in [0.2, 0.25) is 0 Å². The van der Waals surface area contributed by atoms with Gasteiger partial charge in [-0.3, -0.25) is 4.79 Å². The number of alkyl carbamates (subject to hydrolysis) is 1. The highest BCUT2D eigenvalue weighted by atomic mass is 16.6. The molecule has 0 unspecified atom stereocenters. The van der Waals surface area contributed by atoms with E-state index in [2.05, 4.69) is 5.32 Å². The predicted molar refractivity (Wildman–Crippen MR) is 73.0 cm³/mol. The average Bonchev–Trinajstić information content (AvgIpc) is 2.84. The van der Waals surface area contributed by atoms with Gasteiger partial charge in [-0.25, -0.2) is 4.79 Å². The molecule has 1 fully saturated rings. The van der Waals surface area contributed by atoms with E-state index in [-0.39, 0.29) is 24.7 Å². The minimum atomic E-state index is -0.474. The fraction of sp³-hybridized carbons (Fsp3) is 0.467. The largest absolute Gasteiger partial charge is 0.460 e. The second kappa shape index (κ2) is 6.93. The number of hydrogen-bond acceptors (Lipinski definition) is 4. The lowest BCUT2D eigenvalue weighted by Crippen LogP contribution is -2.41. The Bertz CT molecular complexity index is 460. The first-order valence-corrected chi connectivity index (χ1v) is 6.79. The molecule has 0 spiro atoms. The molecule has 1 aromatic rings. The molecule has 1 amide bonds. The van der Waals surface area contributed by atoms with Crippen LogP contribution >= 0.6 is 0 Å². The van der Waals surface area contributed by atoms with Crippen molar-refractivity contribution >= 4 is 12.1 Å². The van der Waals surface area contributed by atoms with Crippen LogP contribution in [0.5, 0.6) is 0 Å². The summed E-state index contributed by atoms with van der Waals surface area (Å²) >= 11 is 0. The monoisotopic (exact) mass is 277 g/mol. The Morgan fingerprint density at radius 2 is 2.00 bits per heavy atom. The Kier molecular flexibility index (Phi) is 4.98. The molecule has 5 heteroatoms. The molecule has 0 aromatic heterocycles. The Hall–Kier alpha value is -2.04. The van der Waals surface area contributed by atoms with Crippen LogP contribution in [0.3, 0.4) is 0 Å². The number of hydrogen-bond donors (Lipinski definition) is 1. The zero-order valence-corrected chi connectivity index (χ0v) is 11.5. The topological polar surface area (TPSA) is 64.6 Å². The van der Waals surface area contributed by atoms with Crippen LogP contribution in [-0.2, 0) is 20.9 Å². The van der Waals surface area contributed by atoms with Crippen molar-refractivity contribution in [3.05, 3.63) is 35.9 Å². The van der Waals surface area contributed by atoms with Crippen LogP contribution in [0.25, 0.3) is 0 Å². The number of carbonyl (C=O) groups is 2. The third-order valence-corrected chi connectivity index (χ3v) is 3.29. The second-order valence-corrected chi connectivity index (χ2v) is 4.89. The van der Waals surface area contributed by atoms with Gasteiger partial charge in [-0.1, -0.05) is 30.3 Å². The van der Waals surface area contributed by atoms with E-state index in [1.54, 1.807) is 0 Å². The zero-order valence-electron chi connectivity index (χ0n) is 11.5. The van der Waals surface area contributed by atoms with Crippen LogP contribution in [0.1, 0.15) is 31.7 Å². The molecule has 1 aliphatic carbocycles. The molecule has 108 valence electrons. The van der Waals surface area contributed by atoms with Crippen molar-refractivity contribution in [2.24, 2.45) is 0 Å². The lowest BCUT2D eigenvalue weighted by atomic mass is 10.2. The second-order valence-electron chi connectivity index (χ2n) is 4.89. The number of esters is 1. The molecule has 20 heavy (non-hydrogen) atoms. The normalized spacial score (nSPS) is 21.2. The lowest BCUT2D eigenvalue weighted by molar-refractivity contribution is -0.146. The first-order chi connectivity index (χ1) is 9.65. The highest BCUT2D eigenvalue weighted by Crippen LogP contribution is 2.22. The summed E-state index contributed by atoms with van der Waals surface area (Å²) in [4.78, 5) is 22.7. The third kappa shape index (κ3) is 4.26. The fourth-order valence-corrected chi connectivity index (χ4v) is 2.36. The zero-order chi connectivity index (χ0) is 14.4. The van der Waals surface area contributed by atoms with Gasteiger partial charge in [0.15, 0.2) is 0 Å². The maximum Gasteiger partial charge on any atom is 0.407 e. The molecule has 5 nitrogen and oxygen atoms in total. The highest BCUT2D eigenvalue weighted by molar-refractivity contribution is 5.68. The molecule has 0 bridgehead atoms. The number of rotatable bonds is 4. The summed E-state index contributed by atoms with van der Waals surface area (Å²) in [5, 5.41) is 2.77. The van der Waals surface area contributed by atoms with Crippen LogP contribution in [0.15, 0.2) is 30.3 Å². The molecule has 1 saturated carbocycles. The molecule has 2 atom stereocenters. The molecule has 0 radical (unpaired) electrons. The summed E-state index contributed by atoms with van der Waals surface area (Å²) < 4.78 is 10.3. The predicted octanol–water partition coefficient (Wildman–Crippen LogP) is 2.40. The van der Waals surface area contributed by atoms with E-state index < -0.39 is 6.09 Å². The van der Waals surface area contributed by atoms with Crippen molar-refractivity contribution in [2.45, 2.75) is 44.9 Å². The van der Waals surface area contributed by atoms with E-state index in [4.69, 9.17) is 9.47 Å². The van der Waals surface area contributed by atoms with Crippen LogP contribution in [0.4, 0.5) is 4.79 Å². The first kappa shape index (κ1) is 14.4. The van der Waals surface area contributed by atoms with E-state index >= 15 is 0 Å². The molecular formula is C15H19NO4. The van der Waals surface area contributed by atoms with Crippen molar-refractivity contribution in [3.8, 4) is 0 Å². The van der Waals surface area contributed by atoms with E-state index in [1.165, 1.54) is 6.92 Å². The molecule has 0 saturated heterocycles. The molecule has 2 rings (SSSR count). The van der Waals surface area contributed by atoms with Crippen molar-refractivity contribution < 1.29 is 19.1 Å². The first-order valence-electron chi connectivity index (χ1n) is 6.79. The van der Waals surface area contributed by atoms with Gasteiger partial charge in [0.2, 0.25) is 0 Å². The summed E-state index contributed by atoms with van der Waals surface area (Å²) in [5.74, 6) is -0.318. The van der Waals surface area contributed by atoms with Gasteiger partial charge in [0.1, 0.15) is 12.7 Å². The number of benzene rings is 1. The minimum Gasteiger partial charge on any atom is -0.460 e. The van der Waals surface area contributed by atoms with Gasteiger partial charge in [0, 0.05) is 6.92 Å². The minimum absolute atomic E-state index is 0.151. The lowest BCUT2D eigenvalue weighted by Gasteiger charge is -2.20. The van der Waals surface area contributed by atoms with Crippen LogP contribution < -0.4 is 5.32 Å². The van der Waals surface area contributed by atoms with Gasteiger partial charge < -0.3 is 14.8 Å². The Balaban J connectivity index is 1.77. The number of amides is 1. The van der Waals surface area contributed by atoms with E-state index in [0.717, 1.165) is 24.8 Å². The number of carbonyl (C=O) groups excluding carboxylic acids is 2. The van der Waals surface area contributed by atoms with Gasteiger partial charge in [-0.2, -0.15) is 0 Å². The van der Waals surface area contributed by atoms with Gasteiger partial charge in [0.05, 0.1) is 6.04 Å². The van der Waals surface area contributed by atoms with Gasteiger partial charge in [0.25, 0.3) is 0 Å². The smallest absolute Gasteiger partial charge is 0.407 e. The van der Waals surface area contributed by atoms with Crippen molar-refractivity contribution in [1.29, 1.82) is 0 Å². The fourth-order valence-electron chi connectivity index (χ4n) is 2.36. The molecule has 0 aliphatic heterocycles. The summed E-state index contributed by atoms with van der Waals surface area (Å²) in [5.41, 5.74) is 0.936. The molecule has 0 heterocycles. The van der Waals surface area contributed by atoms with E-state index in [9.17, 15) is 9.59 Å². The average molecular weight is 277 g/mol. The highest BCUT2D eigenvalue weighted by Gasteiger charge is 2.31. The SMILES string of the molecule is CC(=O)O[C@@H]1CCC[C@H]1NC(=O)OCc1ccccc1. The molecule has 1 aromatic carbocycles. The van der Waals surface area contributed by atoms with Crippen LogP contribution in [-0.4, -0.2) is 24.2 Å². The Morgan fingerprint density at radius 1 is 1.25 bits per heavy atom. The summed E-state index contributed by atoms with van der Waals surface area (Å²) in [6, 6.07) is 9.33. The van der Waals surface area contributed by atoms with Gasteiger partial charge >= 0.3 is 12.1 Å².